The molecule has 0 bridgehead atoms. The van der Waals surface area contributed by atoms with Gasteiger partial charge in [0, 0.05) is 22.8 Å². The minimum absolute atomic E-state index is 0.0119. The van der Waals surface area contributed by atoms with E-state index in [9.17, 15) is 8.42 Å². The van der Waals surface area contributed by atoms with Gasteiger partial charge in [-0.2, -0.15) is 0 Å². The van der Waals surface area contributed by atoms with E-state index in [1.54, 1.807) is 11.4 Å². The predicted molar refractivity (Wildman–Crippen MR) is 80.9 cm³/mol. The molecular formula is C13H24N2O2S2. The zero-order valence-corrected chi connectivity index (χ0v) is 13.7. The van der Waals surface area contributed by atoms with Crippen LogP contribution in [0.4, 0.5) is 0 Å². The number of thiophene rings is 1. The van der Waals surface area contributed by atoms with E-state index < -0.39 is 10.0 Å². The summed E-state index contributed by atoms with van der Waals surface area (Å²) in [5.74, 6) is 0.291. The molecule has 1 rings (SSSR count). The van der Waals surface area contributed by atoms with Crippen LogP contribution in [-0.4, -0.2) is 21.0 Å². The molecule has 1 atom stereocenters. The van der Waals surface area contributed by atoms with E-state index in [-0.39, 0.29) is 6.04 Å². The molecule has 0 saturated carbocycles. The summed E-state index contributed by atoms with van der Waals surface area (Å²) in [5, 5.41) is 4.91. The van der Waals surface area contributed by atoms with E-state index in [4.69, 9.17) is 0 Å². The monoisotopic (exact) mass is 304 g/mol. The molecule has 2 N–H and O–H groups in total. The highest BCUT2D eigenvalue weighted by Crippen LogP contribution is 2.20. The summed E-state index contributed by atoms with van der Waals surface area (Å²) in [6, 6.07) is 1.74. The van der Waals surface area contributed by atoms with Gasteiger partial charge in [-0.25, -0.2) is 13.1 Å². The van der Waals surface area contributed by atoms with E-state index in [0.29, 0.717) is 10.8 Å². The standard InChI is InChI=1S/C13H24N2O2S2/c1-5-13(10(3)4)15-19(16,17)12-7-11(18-9-12)8-14-6-2/h7,9-10,13-15H,5-6,8H2,1-4H3. The maximum atomic E-state index is 12.3. The second kappa shape index (κ2) is 7.38. The number of nitrogens with one attached hydrogen (secondary N) is 2. The van der Waals surface area contributed by atoms with Crippen molar-refractivity contribution in [3.8, 4) is 0 Å². The molecular weight excluding hydrogens is 280 g/mol. The Kier molecular flexibility index (Phi) is 6.46. The summed E-state index contributed by atoms with van der Waals surface area (Å²) in [4.78, 5) is 1.42. The van der Waals surface area contributed by atoms with Gasteiger partial charge in [-0.3, -0.25) is 0 Å². The molecule has 0 aliphatic rings. The lowest BCUT2D eigenvalue weighted by Crippen LogP contribution is -2.37. The quantitative estimate of drug-likeness (QED) is 0.776. The molecule has 0 spiro atoms. The highest BCUT2D eigenvalue weighted by atomic mass is 32.2. The van der Waals surface area contributed by atoms with Crippen molar-refractivity contribution in [1.29, 1.82) is 0 Å². The topological polar surface area (TPSA) is 58.2 Å². The van der Waals surface area contributed by atoms with Gasteiger partial charge in [0.25, 0.3) is 0 Å². The molecule has 1 unspecified atom stereocenters. The lowest BCUT2D eigenvalue weighted by molar-refractivity contribution is 0.437. The summed E-state index contributed by atoms with van der Waals surface area (Å²) in [5.41, 5.74) is 0. The highest BCUT2D eigenvalue weighted by molar-refractivity contribution is 7.89. The van der Waals surface area contributed by atoms with Crippen LogP contribution in [0.25, 0.3) is 0 Å². The number of sulfonamides is 1. The van der Waals surface area contributed by atoms with Crippen molar-refractivity contribution in [2.24, 2.45) is 5.92 Å². The Morgan fingerprint density at radius 3 is 2.53 bits per heavy atom. The third kappa shape index (κ3) is 4.87. The van der Waals surface area contributed by atoms with Crippen LogP contribution in [0.2, 0.25) is 0 Å². The van der Waals surface area contributed by atoms with Crippen LogP contribution in [0.1, 0.15) is 39.0 Å². The fraction of sp³-hybridized carbons (Fsp3) is 0.692. The summed E-state index contributed by atoms with van der Waals surface area (Å²) < 4.78 is 27.3. The van der Waals surface area contributed by atoms with Crippen LogP contribution in [0.3, 0.4) is 0 Å². The van der Waals surface area contributed by atoms with Crippen molar-refractivity contribution in [2.45, 2.75) is 51.6 Å². The van der Waals surface area contributed by atoms with Crippen molar-refractivity contribution in [3.63, 3.8) is 0 Å². The molecule has 19 heavy (non-hydrogen) atoms. The first-order chi connectivity index (χ1) is 8.90. The van der Waals surface area contributed by atoms with Gasteiger partial charge in [-0.1, -0.05) is 27.7 Å². The maximum absolute atomic E-state index is 12.3. The van der Waals surface area contributed by atoms with Gasteiger partial charge in [0.1, 0.15) is 0 Å². The summed E-state index contributed by atoms with van der Waals surface area (Å²) in [6.45, 7) is 9.68. The second-order valence-corrected chi connectivity index (χ2v) is 7.62. The van der Waals surface area contributed by atoms with Gasteiger partial charge in [0.05, 0.1) is 4.90 Å². The Labute approximate surface area is 120 Å². The largest absolute Gasteiger partial charge is 0.312 e. The maximum Gasteiger partial charge on any atom is 0.241 e. The second-order valence-electron chi connectivity index (χ2n) is 4.91. The van der Waals surface area contributed by atoms with Gasteiger partial charge < -0.3 is 5.32 Å². The molecule has 6 heteroatoms. The van der Waals surface area contributed by atoms with Crippen molar-refractivity contribution < 1.29 is 8.42 Å². The van der Waals surface area contributed by atoms with Gasteiger partial charge in [-0.05, 0) is 24.9 Å². The zero-order valence-electron chi connectivity index (χ0n) is 12.1. The Hall–Kier alpha value is -0.430. The average Bonchev–Trinajstić information content (AvgIpc) is 2.82. The molecule has 110 valence electrons. The predicted octanol–water partition coefficient (Wildman–Crippen LogP) is 2.57. The normalized spacial score (nSPS) is 13.9. The van der Waals surface area contributed by atoms with Crippen LogP contribution in [0.15, 0.2) is 16.3 Å². The van der Waals surface area contributed by atoms with Crippen molar-refractivity contribution in [3.05, 3.63) is 16.3 Å². The van der Waals surface area contributed by atoms with E-state index in [1.165, 1.54) is 11.3 Å². The first-order valence-corrected chi connectivity index (χ1v) is 9.07. The smallest absolute Gasteiger partial charge is 0.241 e. The fourth-order valence-corrected chi connectivity index (χ4v) is 4.51. The summed E-state index contributed by atoms with van der Waals surface area (Å²) in [7, 11) is -3.39. The van der Waals surface area contributed by atoms with Crippen LogP contribution in [-0.2, 0) is 16.6 Å². The summed E-state index contributed by atoms with van der Waals surface area (Å²) in [6.07, 6.45) is 0.797. The van der Waals surface area contributed by atoms with Crippen LogP contribution in [0.5, 0.6) is 0 Å². The van der Waals surface area contributed by atoms with E-state index in [1.807, 2.05) is 27.7 Å². The Bertz CT molecular complexity index is 481. The zero-order chi connectivity index (χ0) is 14.5. The fourth-order valence-electron chi connectivity index (χ4n) is 1.80. The molecule has 0 aliphatic heterocycles. The number of rotatable bonds is 8. The minimum Gasteiger partial charge on any atom is -0.312 e. The van der Waals surface area contributed by atoms with Crippen molar-refractivity contribution in [2.75, 3.05) is 6.54 Å². The average molecular weight is 304 g/mol. The third-order valence-corrected chi connectivity index (χ3v) is 5.60. The van der Waals surface area contributed by atoms with Crippen molar-refractivity contribution >= 4 is 21.4 Å². The molecule has 0 aliphatic carbocycles. The molecule has 0 fully saturated rings. The SMILES string of the molecule is CCNCc1cc(S(=O)(=O)NC(CC)C(C)C)cs1. The number of hydrogen-bond donors (Lipinski definition) is 2. The first-order valence-electron chi connectivity index (χ1n) is 6.71. The lowest BCUT2D eigenvalue weighted by atomic mass is 10.0. The Balaban J connectivity index is 2.79. The molecule has 0 aromatic carbocycles. The summed E-state index contributed by atoms with van der Waals surface area (Å²) >= 11 is 1.48. The Morgan fingerprint density at radius 1 is 1.32 bits per heavy atom. The van der Waals surface area contributed by atoms with Gasteiger partial charge in [-0.15, -0.1) is 11.3 Å². The third-order valence-electron chi connectivity index (χ3n) is 3.04. The van der Waals surface area contributed by atoms with Crippen LogP contribution < -0.4 is 10.0 Å². The molecule has 0 saturated heterocycles. The van der Waals surface area contributed by atoms with Crippen LogP contribution >= 0.6 is 11.3 Å². The Morgan fingerprint density at radius 2 is 2.00 bits per heavy atom. The van der Waals surface area contributed by atoms with Crippen molar-refractivity contribution in [1.82, 2.24) is 10.0 Å². The molecule has 1 aromatic rings. The van der Waals surface area contributed by atoms with Gasteiger partial charge >= 0.3 is 0 Å². The molecule has 1 heterocycles. The highest BCUT2D eigenvalue weighted by Gasteiger charge is 2.22. The molecule has 4 nitrogen and oxygen atoms in total. The van der Waals surface area contributed by atoms with Crippen LogP contribution in [0, 0.1) is 5.92 Å². The van der Waals surface area contributed by atoms with Gasteiger partial charge in [0.2, 0.25) is 10.0 Å². The lowest BCUT2D eigenvalue weighted by Gasteiger charge is -2.20. The van der Waals surface area contributed by atoms with Gasteiger partial charge in [0.15, 0.2) is 0 Å². The minimum atomic E-state index is -3.39. The molecule has 1 aromatic heterocycles. The van der Waals surface area contributed by atoms with E-state index in [0.717, 1.165) is 24.4 Å². The van der Waals surface area contributed by atoms with E-state index >= 15 is 0 Å². The first kappa shape index (κ1) is 16.6. The molecule has 0 amide bonds. The van der Waals surface area contributed by atoms with E-state index in [2.05, 4.69) is 10.0 Å². The molecule has 0 radical (unpaired) electrons. The number of hydrogen-bond acceptors (Lipinski definition) is 4.